The highest BCUT2D eigenvalue weighted by Crippen LogP contribution is 2.31. The lowest BCUT2D eigenvalue weighted by Gasteiger charge is -2.37. The third-order valence-electron chi connectivity index (χ3n) is 6.02. The molecule has 36 heavy (non-hydrogen) atoms. The number of ether oxygens (including phenoxy) is 1. The molecular weight excluding hydrogens is 504 g/mol. The Morgan fingerprint density at radius 2 is 1.64 bits per heavy atom. The number of halogens is 3. The molecule has 6 nitrogen and oxygen atoms in total. The van der Waals surface area contributed by atoms with E-state index in [1.807, 2.05) is 19.9 Å². The van der Waals surface area contributed by atoms with Crippen LogP contribution >= 0.6 is 23.2 Å². The summed E-state index contributed by atoms with van der Waals surface area (Å²) in [6.45, 7) is 5.45. The van der Waals surface area contributed by atoms with Crippen molar-refractivity contribution in [1.29, 1.82) is 0 Å². The van der Waals surface area contributed by atoms with Gasteiger partial charge in [-0.05, 0) is 67.4 Å². The maximum Gasteiger partial charge on any atom is 0.262 e. The molecular formula is C27H26Cl2FN3O3. The lowest BCUT2D eigenvalue weighted by atomic mass is 10.1. The van der Waals surface area contributed by atoms with E-state index in [-0.39, 0.29) is 24.0 Å². The van der Waals surface area contributed by atoms with Crippen LogP contribution in [0.25, 0.3) is 0 Å². The molecule has 0 aliphatic carbocycles. The highest BCUT2D eigenvalue weighted by Gasteiger charge is 2.25. The summed E-state index contributed by atoms with van der Waals surface area (Å²) in [5, 5.41) is 4.03. The zero-order valence-corrected chi connectivity index (χ0v) is 21.5. The zero-order chi connectivity index (χ0) is 25.8. The fourth-order valence-electron chi connectivity index (χ4n) is 4.16. The van der Waals surface area contributed by atoms with Crippen LogP contribution in [-0.2, 0) is 4.79 Å². The second-order valence-corrected chi connectivity index (χ2v) is 9.44. The van der Waals surface area contributed by atoms with Crippen molar-refractivity contribution in [2.75, 3.05) is 43.0 Å². The van der Waals surface area contributed by atoms with Gasteiger partial charge in [0.2, 0.25) is 0 Å². The number of hydrogen-bond donors (Lipinski definition) is 1. The molecule has 9 heteroatoms. The second-order valence-electron chi connectivity index (χ2n) is 8.63. The number of anilines is 2. The van der Waals surface area contributed by atoms with Crippen LogP contribution in [0.3, 0.4) is 0 Å². The minimum Gasteiger partial charge on any atom is -0.484 e. The topological polar surface area (TPSA) is 61.9 Å². The molecule has 4 rings (SSSR count). The molecule has 1 fully saturated rings. The molecule has 1 aliphatic rings. The lowest BCUT2D eigenvalue weighted by Crippen LogP contribution is -2.49. The van der Waals surface area contributed by atoms with E-state index >= 15 is 0 Å². The Bertz CT molecular complexity index is 1270. The van der Waals surface area contributed by atoms with E-state index in [9.17, 15) is 14.0 Å². The summed E-state index contributed by atoms with van der Waals surface area (Å²) in [6, 6.07) is 14.8. The highest BCUT2D eigenvalue weighted by atomic mass is 35.5. The minimum atomic E-state index is -0.529. The molecule has 0 atom stereocenters. The molecule has 0 saturated carbocycles. The van der Waals surface area contributed by atoms with Crippen LogP contribution in [0, 0.1) is 19.7 Å². The lowest BCUT2D eigenvalue weighted by molar-refractivity contribution is -0.118. The van der Waals surface area contributed by atoms with Gasteiger partial charge in [0, 0.05) is 36.2 Å². The van der Waals surface area contributed by atoms with Gasteiger partial charge in [-0.2, -0.15) is 0 Å². The van der Waals surface area contributed by atoms with Gasteiger partial charge in [-0.3, -0.25) is 9.59 Å². The third-order valence-corrected chi connectivity index (χ3v) is 6.86. The van der Waals surface area contributed by atoms with E-state index in [1.165, 1.54) is 12.1 Å². The van der Waals surface area contributed by atoms with Crippen LogP contribution < -0.4 is 15.0 Å². The summed E-state index contributed by atoms with van der Waals surface area (Å²) in [4.78, 5) is 29.1. The third kappa shape index (κ3) is 5.91. The van der Waals surface area contributed by atoms with Gasteiger partial charge >= 0.3 is 0 Å². The molecule has 0 bridgehead atoms. The molecule has 1 N–H and O–H groups in total. The summed E-state index contributed by atoms with van der Waals surface area (Å²) >= 11 is 12.4. The number of amides is 2. The smallest absolute Gasteiger partial charge is 0.262 e. The molecule has 1 aliphatic heterocycles. The van der Waals surface area contributed by atoms with E-state index in [0.717, 1.165) is 16.8 Å². The number of nitrogens with zero attached hydrogens (tertiary/aromatic N) is 2. The first-order valence-electron chi connectivity index (χ1n) is 11.5. The van der Waals surface area contributed by atoms with Crippen LogP contribution in [-0.4, -0.2) is 49.5 Å². The fraction of sp³-hybridized carbons (Fsp3) is 0.259. The van der Waals surface area contributed by atoms with Crippen molar-refractivity contribution in [1.82, 2.24) is 4.90 Å². The molecule has 0 spiro atoms. The molecule has 3 aromatic rings. The first-order chi connectivity index (χ1) is 17.2. The number of aryl methyl sites for hydroxylation is 2. The molecule has 1 saturated heterocycles. The summed E-state index contributed by atoms with van der Waals surface area (Å²) < 4.78 is 19.7. The number of rotatable bonds is 6. The maximum atomic E-state index is 14.1. The van der Waals surface area contributed by atoms with Crippen molar-refractivity contribution in [2.45, 2.75) is 13.8 Å². The quantitative estimate of drug-likeness (QED) is 0.443. The Labute approximate surface area is 219 Å². The first-order valence-corrected chi connectivity index (χ1v) is 12.3. The molecule has 1 heterocycles. The Morgan fingerprint density at radius 3 is 2.31 bits per heavy atom. The van der Waals surface area contributed by atoms with Gasteiger partial charge in [0.1, 0.15) is 11.6 Å². The number of piperazine rings is 1. The molecule has 0 unspecified atom stereocenters. The summed E-state index contributed by atoms with van der Waals surface area (Å²) in [5.41, 5.74) is 3.14. The minimum absolute atomic E-state index is 0.0662. The van der Waals surface area contributed by atoms with E-state index < -0.39 is 5.82 Å². The van der Waals surface area contributed by atoms with Crippen LogP contribution in [0.5, 0.6) is 5.75 Å². The van der Waals surface area contributed by atoms with Gasteiger partial charge in [-0.1, -0.05) is 35.3 Å². The van der Waals surface area contributed by atoms with Gasteiger partial charge in [0.15, 0.2) is 6.61 Å². The molecule has 2 amide bonds. The van der Waals surface area contributed by atoms with Crippen molar-refractivity contribution < 1.29 is 18.7 Å². The monoisotopic (exact) mass is 529 g/mol. The summed E-state index contributed by atoms with van der Waals surface area (Å²) in [6.07, 6.45) is 0. The van der Waals surface area contributed by atoms with Gasteiger partial charge in [-0.15, -0.1) is 0 Å². The van der Waals surface area contributed by atoms with Gasteiger partial charge in [-0.25, -0.2) is 4.39 Å². The zero-order valence-electron chi connectivity index (χ0n) is 20.0. The number of carbonyl (C=O) groups is 2. The standard InChI is InChI=1S/C27H26Cl2FN3O3/c1-17-13-20(14-18(2)26(17)29)36-16-25(34)31-23-15-19(28)7-8-24(23)32-9-11-33(12-10-32)27(35)21-5-3-4-6-22(21)30/h3-8,13-15H,9-12,16H2,1-2H3,(H,31,34). The summed E-state index contributed by atoms with van der Waals surface area (Å²) in [7, 11) is 0. The van der Waals surface area contributed by atoms with Gasteiger partial charge < -0.3 is 19.9 Å². The van der Waals surface area contributed by atoms with E-state index in [4.69, 9.17) is 27.9 Å². The number of benzene rings is 3. The molecule has 3 aromatic carbocycles. The van der Waals surface area contributed by atoms with Crippen LogP contribution in [0.4, 0.5) is 15.8 Å². The predicted molar refractivity (Wildman–Crippen MR) is 141 cm³/mol. The maximum absolute atomic E-state index is 14.1. The average Bonchev–Trinajstić information content (AvgIpc) is 2.86. The Kier molecular flexibility index (Phi) is 8.01. The fourth-order valence-corrected chi connectivity index (χ4v) is 4.45. The number of hydrogen-bond acceptors (Lipinski definition) is 4. The van der Waals surface area contributed by atoms with Crippen LogP contribution in [0.2, 0.25) is 10.0 Å². The SMILES string of the molecule is Cc1cc(OCC(=O)Nc2cc(Cl)ccc2N2CCN(C(=O)c3ccccc3F)CC2)cc(C)c1Cl. The Hall–Kier alpha value is -3.29. The van der Waals surface area contributed by atoms with Crippen molar-refractivity contribution in [2.24, 2.45) is 0 Å². The van der Waals surface area contributed by atoms with Crippen molar-refractivity contribution in [3.63, 3.8) is 0 Å². The van der Waals surface area contributed by atoms with Gasteiger partial charge in [0.05, 0.1) is 16.9 Å². The number of nitrogens with one attached hydrogen (secondary N) is 1. The van der Waals surface area contributed by atoms with Crippen molar-refractivity contribution in [3.8, 4) is 5.75 Å². The van der Waals surface area contributed by atoms with Gasteiger partial charge in [0.25, 0.3) is 11.8 Å². The van der Waals surface area contributed by atoms with Crippen molar-refractivity contribution >= 4 is 46.4 Å². The van der Waals surface area contributed by atoms with Crippen molar-refractivity contribution in [3.05, 3.63) is 87.2 Å². The average molecular weight is 530 g/mol. The van der Waals surface area contributed by atoms with E-state index in [2.05, 4.69) is 10.2 Å². The largest absolute Gasteiger partial charge is 0.484 e. The number of carbonyl (C=O) groups excluding carboxylic acids is 2. The van der Waals surface area contributed by atoms with Crippen LogP contribution in [0.15, 0.2) is 54.6 Å². The molecule has 188 valence electrons. The van der Waals surface area contributed by atoms with Crippen LogP contribution in [0.1, 0.15) is 21.5 Å². The Balaban J connectivity index is 1.40. The summed E-state index contributed by atoms with van der Waals surface area (Å²) in [5.74, 6) is -0.635. The van der Waals surface area contributed by atoms with E-state index in [1.54, 1.807) is 41.3 Å². The normalized spacial score (nSPS) is 13.5. The predicted octanol–water partition coefficient (Wildman–Crippen LogP) is 5.73. The molecule has 0 aromatic heterocycles. The molecule has 0 radical (unpaired) electrons. The highest BCUT2D eigenvalue weighted by molar-refractivity contribution is 6.32. The Morgan fingerprint density at radius 1 is 0.972 bits per heavy atom. The van der Waals surface area contributed by atoms with E-state index in [0.29, 0.717) is 47.7 Å². The first kappa shape index (κ1) is 25.8. The second kappa shape index (κ2) is 11.2.